The van der Waals surface area contributed by atoms with Crippen molar-refractivity contribution < 1.29 is 0 Å². The van der Waals surface area contributed by atoms with Crippen LogP contribution in [0.2, 0.25) is 0 Å². The molecule has 0 aliphatic heterocycles. The van der Waals surface area contributed by atoms with Crippen molar-refractivity contribution >= 4 is 0 Å². The average Bonchev–Trinajstić information content (AvgIpc) is 3.39. The van der Waals surface area contributed by atoms with E-state index in [2.05, 4.69) is 238 Å². The van der Waals surface area contributed by atoms with Crippen LogP contribution in [0.4, 0.5) is 0 Å². The van der Waals surface area contributed by atoms with Crippen molar-refractivity contribution in [3.05, 3.63) is 283 Å². The van der Waals surface area contributed by atoms with E-state index >= 15 is 0 Å². The SMILES string of the molecule is CC(c1cccc(-c2ccc(-c3ccc(-c4ccccc4)cc3)cc2)c1)(c1cccc(-c2cc(-c3ccccc3)cc(C(C)(c3ccccc3)c3ccccn3)n2)c1)c1ccccn1. The molecular formula is C61H47N3. The minimum Gasteiger partial charge on any atom is -0.260 e. The molecule has 2 atom stereocenters. The number of aromatic nitrogens is 3. The monoisotopic (exact) mass is 821 g/mol. The third-order valence-electron chi connectivity index (χ3n) is 12.9. The van der Waals surface area contributed by atoms with Gasteiger partial charge in [-0.15, -0.1) is 0 Å². The summed E-state index contributed by atoms with van der Waals surface area (Å²) in [5.74, 6) is 0. The highest BCUT2D eigenvalue weighted by atomic mass is 14.8. The molecule has 0 spiro atoms. The Labute approximate surface area is 376 Å². The first-order valence-electron chi connectivity index (χ1n) is 21.9. The number of nitrogens with zero attached hydrogens (tertiary/aromatic N) is 3. The first-order valence-corrected chi connectivity index (χ1v) is 21.9. The minimum absolute atomic E-state index is 0.597. The first-order chi connectivity index (χ1) is 31.5. The molecule has 0 bridgehead atoms. The van der Waals surface area contributed by atoms with E-state index in [1.807, 2.05) is 24.5 Å². The van der Waals surface area contributed by atoms with Crippen LogP contribution in [0.25, 0.3) is 55.8 Å². The van der Waals surface area contributed by atoms with E-state index in [-0.39, 0.29) is 0 Å². The zero-order valence-corrected chi connectivity index (χ0v) is 36.0. The summed E-state index contributed by atoms with van der Waals surface area (Å²) in [6.45, 7) is 4.53. The van der Waals surface area contributed by atoms with Crippen LogP contribution in [-0.2, 0) is 10.8 Å². The third kappa shape index (κ3) is 7.74. The lowest BCUT2D eigenvalue weighted by Gasteiger charge is -2.32. The molecule has 0 fully saturated rings. The van der Waals surface area contributed by atoms with Gasteiger partial charge in [0, 0.05) is 18.0 Å². The van der Waals surface area contributed by atoms with Gasteiger partial charge in [0.05, 0.1) is 33.6 Å². The topological polar surface area (TPSA) is 38.7 Å². The molecule has 3 heterocycles. The summed E-state index contributed by atoms with van der Waals surface area (Å²) in [5.41, 5.74) is 16.3. The highest BCUT2D eigenvalue weighted by molar-refractivity contribution is 5.75. The smallest absolute Gasteiger partial charge is 0.0768 e. The Morgan fingerprint density at radius 1 is 0.266 bits per heavy atom. The molecule has 3 aromatic heterocycles. The van der Waals surface area contributed by atoms with Crippen LogP contribution in [0.3, 0.4) is 0 Å². The second-order valence-electron chi connectivity index (χ2n) is 16.7. The van der Waals surface area contributed by atoms with Gasteiger partial charge in [0.2, 0.25) is 0 Å². The molecule has 0 aliphatic rings. The Bertz CT molecular complexity index is 3090. The highest BCUT2D eigenvalue weighted by Gasteiger charge is 2.36. The molecule has 7 aromatic carbocycles. The van der Waals surface area contributed by atoms with Gasteiger partial charge >= 0.3 is 0 Å². The molecule has 0 saturated heterocycles. The lowest BCUT2D eigenvalue weighted by molar-refractivity contribution is 0.642. The quantitative estimate of drug-likeness (QED) is 0.130. The van der Waals surface area contributed by atoms with E-state index < -0.39 is 10.8 Å². The van der Waals surface area contributed by atoms with Gasteiger partial charge in [-0.1, -0.05) is 188 Å². The molecular weight excluding hydrogens is 775 g/mol. The van der Waals surface area contributed by atoms with Crippen molar-refractivity contribution in [2.45, 2.75) is 24.7 Å². The fourth-order valence-electron chi connectivity index (χ4n) is 9.05. The van der Waals surface area contributed by atoms with Gasteiger partial charge in [-0.2, -0.15) is 0 Å². The number of hydrogen-bond donors (Lipinski definition) is 0. The molecule has 0 radical (unpaired) electrons. The van der Waals surface area contributed by atoms with Crippen molar-refractivity contribution in [1.29, 1.82) is 0 Å². The van der Waals surface area contributed by atoms with Crippen LogP contribution < -0.4 is 0 Å². The zero-order chi connectivity index (χ0) is 43.4. The Hall–Kier alpha value is -8.01. The van der Waals surface area contributed by atoms with Crippen molar-refractivity contribution in [3.63, 3.8) is 0 Å². The number of benzene rings is 7. The van der Waals surface area contributed by atoms with Crippen LogP contribution in [0, 0.1) is 0 Å². The van der Waals surface area contributed by atoms with E-state index in [1.54, 1.807) is 0 Å². The Morgan fingerprint density at radius 3 is 1.17 bits per heavy atom. The predicted octanol–water partition coefficient (Wildman–Crippen LogP) is 14.9. The molecule has 0 saturated carbocycles. The Kier molecular flexibility index (Phi) is 10.9. The molecule has 10 rings (SSSR count). The maximum Gasteiger partial charge on any atom is 0.0768 e. The molecule has 306 valence electrons. The Balaban J connectivity index is 1.06. The fraction of sp³-hybridized carbons (Fsp3) is 0.0656. The van der Waals surface area contributed by atoms with Gasteiger partial charge in [0.25, 0.3) is 0 Å². The standard InChI is InChI=1S/C61H47N3/c1-60(57-28-12-14-38-62-57,54-26-16-22-50(40-54)49-36-34-48(35-37-49)47-32-30-46(31-33-47)44-18-6-3-7-19-44)55-27-17-23-51(41-55)56-42-52(45-20-8-4-9-21-45)43-59(64-56)61(2,53-24-10-5-11-25-53)58-29-13-15-39-63-58/h3-43H,1-2H3. The van der Waals surface area contributed by atoms with Crippen molar-refractivity contribution in [2.75, 3.05) is 0 Å². The number of pyridine rings is 3. The van der Waals surface area contributed by atoms with Crippen molar-refractivity contribution in [2.24, 2.45) is 0 Å². The van der Waals surface area contributed by atoms with Crippen LogP contribution in [-0.4, -0.2) is 15.0 Å². The van der Waals surface area contributed by atoms with Crippen LogP contribution in [0.5, 0.6) is 0 Å². The van der Waals surface area contributed by atoms with Crippen molar-refractivity contribution in [3.8, 4) is 55.8 Å². The predicted molar refractivity (Wildman–Crippen MR) is 264 cm³/mol. The van der Waals surface area contributed by atoms with Crippen molar-refractivity contribution in [1.82, 2.24) is 15.0 Å². The van der Waals surface area contributed by atoms with Gasteiger partial charge in [0.15, 0.2) is 0 Å². The van der Waals surface area contributed by atoms with Crippen LogP contribution >= 0.6 is 0 Å². The average molecular weight is 822 g/mol. The summed E-state index contributed by atoms with van der Waals surface area (Å²) in [7, 11) is 0. The molecule has 0 N–H and O–H groups in total. The zero-order valence-electron chi connectivity index (χ0n) is 36.0. The van der Waals surface area contributed by atoms with E-state index in [0.717, 1.165) is 67.3 Å². The number of rotatable bonds is 11. The number of hydrogen-bond acceptors (Lipinski definition) is 3. The summed E-state index contributed by atoms with van der Waals surface area (Å²) in [4.78, 5) is 15.5. The highest BCUT2D eigenvalue weighted by Crippen LogP contribution is 2.43. The van der Waals surface area contributed by atoms with Gasteiger partial charge in [0.1, 0.15) is 0 Å². The minimum atomic E-state index is -0.631. The fourth-order valence-corrected chi connectivity index (χ4v) is 9.05. The maximum atomic E-state index is 5.57. The molecule has 0 amide bonds. The van der Waals surface area contributed by atoms with Crippen LogP contribution in [0.1, 0.15) is 47.6 Å². The molecule has 2 unspecified atom stereocenters. The molecule has 0 aliphatic carbocycles. The molecule has 3 nitrogen and oxygen atoms in total. The maximum absolute atomic E-state index is 5.57. The normalized spacial score (nSPS) is 13.1. The molecule has 64 heavy (non-hydrogen) atoms. The largest absolute Gasteiger partial charge is 0.260 e. The molecule has 10 aromatic rings. The summed E-state index contributed by atoms with van der Waals surface area (Å²) >= 11 is 0. The van der Waals surface area contributed by atoms with E-state index in [0.29, 0.717) is 0 Å². The van der Waals surface area contributed by atoms with E-state index in [1.165, 1.54) is 22.3 Å². The summed E-state index contributed by atoms with van der Waals surface area (Å²) in [6.07, 6.45) is 3.77. The second kappa shape index (κ2) is 17.4. The molecule has 3 heteroatoms. The second-order valence-corrected chi connectivity index (χ2v) is 16.7. The van der Waals surface area contributed by atoms with E-state index in [4.69, 9.17) is 15.0 Å². The summed E-state index contributed by atoms with van der Waals surface area (Å²) < 4.78 is 0. The van der Waals surface area contributed by atoms with Gasteiger partial charge in [-0.3, -0.25) is 15.0 Å². The van der Waals surface area contributed by atoms with Gasteiger partial charge < -0.3 is 0 Å². The van der Waals surface area contributed by atoms with Gasteiger partial charge in [-0.05, 0) is 124 Å². The summed E-state index contributed by atoms with van der Waals surface area (Å²) in [5, 5.41) is 0. The first kappa shape index (κ1) is 40.1. The summed E-state index contributed by atoms with van der Waals surface area (Å²) in [6, 6.07) is 84.1. The lowest BCUT2D eigenvalue weighted by Crippen LogP contribution is -2.28. The lowest BCUT2D eigenvalue weighted by atomic mass is 9.72. The third-order valence-corrected chi connectivity index (χ3v) is 12.9. The van der Waals surface area contributed by atoms with E-state index in [9.17, 15) is 0 Å². The van der Waals surface area contributed by atoms with Crippen LogP contribution in [0.15, 0.2) is 249 Å². The Morgan fingerprint density at radius 2 is 0.656 bits per heavy atom. The van der Waals surface area contributed by atoms with Gasteiger partial charge in [-0.25, -0.2) is 0 Å².